The fourth-order valence-corrected chi connectivity index (χ4v) is 4.62. The van der Waals surface area contributed by atoms with Gasteiger partial charge in [0.1, 0.15) is 11.6 Å². The van der Waals surface area contributed by atoms with Gasteiger partial charge in [-0.1, -0.05) is 46.6 Å². The normalized spacial score (nSPS) is 16.6. The molecule has 4 nitrogen and oxygen atoms in total. The highest BCUT2D eigenvalue weighted by molar-refractivity contribution is 9.10. The highest BCUT2D eigenvalue weighted by atomic mass is 79.9. The van der Waals surface area contributed by atoms with E-state index in [4.69, 9.17) is 16.3 Å². The third-order valence-corrected chi connectivity index (χ3v) is 6.59. The van der Waals surface area contributed by atoms with Gasteiger partial charge < -0.3 is 9.84 Å². The van der Waals surface area contributed by atoms with E-state index in [1.165, 1.54) is 19.2 Å². The highest BCUT2D eigenvalue weighted by Crippen LogP contribution is 2.47. The standard InChI is InChI=1S/C23H23BrClFO4/c1-12(23(29)30-2)21(13-3-4-13)15-6-5-14(20(27)10-15)9-18(24)22(28)17-8-7-16(25)11-19(17)26/h5-8,10-13,18,21,27H,3-4,9H2,1-2H3/t12-,18?,21-/m0/s1. The Morgan fingerprint density at radius 3 is 2.53 bits per heavy atom. The van der Waals surface area contributed by atoms with Crippen molar-refractivity contribution in [3.05, 3.63) is 63.9 Å². The number of hydrogen-bond donors (Lipinski definition) is 1. The number of ether oxygens (including phenoxy) is 1. The van der Waals surface area contributed by atoms with E-state index in [2.05, 4.69) is 15.9 Å². The largest absolute Gasteiger partial charge is 0.508 e. The van der Waals surface area contributed by atoms with E-state index in [0.717, 1.165) is 24.5 Å². The predicted molar refractivity (Wildman–Crippen MR) is 117 cm³/mol. The minimum absolute atomic E-state index is 0.0260. The summed E-state index contributed by atoms with van der Waals surface area (Å²) >= 11 is 9.06. The van der Waals surface area contributed by atoms with E-state index in [1.54, 1.807) is 12.1 Å². The molecule has 0 saturated heterocycles. The van der Waals surface area contributed by atoms with Crippen LogP contribution < -0.4 is 0 Å². The van der Waals surface area contributed by atoms with Crippen molar-refractivity contribution in [1.29, 1.82) is 0 Å². The summed E-state index contributed by atoms with van der Waals surface area (Å²) in [6, 6.07) is 9.20. The number of carbonyl (C=O) groups is 2. The number of ketones is 1. The SMILES string of the molecule is COC(=O)[C@@H](C)[C@H](c1ccc(CC(Br)C(=O)c2ccc(Cl)cc2F)c(O)c1)C1CC1. The van der Waals surface area contributed by atoms with Gasteiger partial charge in [0.15, 0.2) is 5.78 Å². The number of rotatable bonds is 8. The van der Waals surface area contributed by atoms with Crippen LogP contribution in [0.25, 0.3) is 0 Å². The molecule has 3 rings (SSSR count). The maximum atomic E-state index is 14.1. The fourth-order valence-electron chi connectivity index (χ4n) is 3.86. The zero-order chi connectivity index (χ0) is 22.0. The molecule has 0 radical (unpaired) electrons. The van der Waals surface area contributed by atoms with Crippen LogP contribution in [0, 0.1) is 17.7 Å². The van der Waals surface area contributed by atoms with Gasteiger partial charge in [-0.15, -0.1) is 0 Å². The van der Waals surface area contributed by atoms with E-state index in [0.29, 0.717) is 11.5 Å². The van der Waals surface area contributed by atoms with E-state index < -0.39 is 16.4 Å². The minimum Gasteiger partial charge on any atom is -0.508 e. The van der Waals surface area contributed by atoms with Gasteiger partial charge in [-0.05, 0) is 66.5 Å². The van der Waals surface area contributed by atoms with Crippen LogP contribution in [0.5, 0.6) is 5.75 Å². The third-order valence-electron chi connectivity index (χ3n) is 5.62. The minimum atomic E-state index is -0.710. The Bertz CT molecular complexity index is 960. The molecule has 2 aromatic rings. The van der Waals surface area contributed by atoms with Crippen LogP contribution in [0.1, 0.15) is 47.2 Å². The first kappa shape index (κ1) is 22.8. The molecule has 0 heterocycles. The van der Waals surface area contributed by atoms with Crippen LogP contribution in [-0.4, -0.2) is 28.8 Å². The number of esters is 1. The number of phenols is 1. The van der Waals surface area contributed by atoms with Crippen LogP contribution >= 0.6 is 27.5 Å². The lowest BCUT2D eigenvalue weighted by Crippen LogP contribution is -2.22. The molecular weight excluding hydrogens is 475 g/mol. The van der Waals surface area contributed by atoms with E-state index >= 15 is 0 Å². The van der Waals surface area contributed by atoms with Crippen molar-refractivity contribution in [3.8, 4) is 5.75 Å². The van der Waals surface area contributed by atoms with Crippen molar-refractivity contribution in [1.82, 2.24) is 0 Å². The molecule has 1 saturated carbocycles. The molecule has 30 heavy (non-hydrogen) atoms. The van der Waals surface area contributed by atoms with Crippen LogP contribution in [0.3, 0.4) is 0 Å². The van der Waals surface area contributed by atoms with Crippen LogP contribution in [0.2, 0.25) is 5.02 Å². The highest BCUT2D eigenvalue weighted by Gasteiger charge is 2.39. The summed E-state index contributed by atoms with van der Waals surface area (Å²) in [5, 5.41) is 10.8. The maximum Gasteiger partial charge on any atom is 0.309 e. The molecule has 0 aromatic heterocycles. The van der Waals surface area contributed by atoms with Gasteiger partial charge in [0.05, 0.1) is 23.4 Å². The summed E-state index contributed by atoms with van der Waals surface area (Å²) in [6.07, 6.45) is 2.27. The monoisotopic (exact) mass is 496 g/mol. The van der Waals surface area contributed by atoms with Crippen molar-refractivity contribution in [3.63, 3.8) is 0 Å². The van der Waals surface area contributed by atoms with E-state index in [-0.39, 0.29) is 40.6 Å². The Morgan fingerprint density at radius 2 is 1.97 bits per heavy atom. The number of carbonyl (C=O) groups excluding carboxylic acids is 2. The number of benzene rings is 2. The Hall–Kier alpha value is -1.92. The van der Waals surface area contributed by atoms with Gasteiger partial charge in [0.25, 0.3) is 0 Å². The molecule has 0 amide bonds. The summed E-state index contributed by atoms with van der Waals surface area (Å²) in [4.78, 5) is 23.9. The molecule has 0 spiro atoms. The Labute approximate surface area is 188 Å². The van der Waals surface area contributed by atoms with Crippen molar-refractivity contribution in [2.45, 2.75) is 36.9 Å². The van der Waals surface area contributed by atoms with Crippen molar-refractivity contribution in [2.24, 2.45) is 11.8 Å². The third kappa shape index (κ3) is 5.03. The topological polar surface area (TPSA) is 63.6 Å². The van der Waals surface area contributed by atoms with E-state index in [9.17, 15) is 19.1 Å². The molecule has 1 fully saturated rings. The van der Waals surface area contributed by atoms with Crippen LogP contribution in [-0.2, 0) is 16.0 Å². The molecule has 3 atom stereocenters. The van der Waals surface area contributed by atoms with Gasteiger partial charge in [0.2, 0.25) is 0 Å². The lowest BCUT2D eigenvalue weighted by atomic mass is 9.82. The molecule has 1 unspecified atom stereocenters. The second-order valence-electron chi connectivity index (χ2n) is 7.72. The quantitative estimate of drug-likeness (QED) is 0.290. The number of hydrogen-bond acceptors (Lipinski definition) is 4. The zero-order valence-electron chi connectivity index (χ0n) is 16.7. The summed E-state index contributed by atoms with van der Waals surface area (Å²) in [5.41, 5.74) is 1.37. The molecule has 1 N–H and O–H groups in total. The number of methoxy groups -OCH3 is 1. The fraction of sp³-hybridized carbons (Fsp3) is 0.391. The average Bonchev–Trinajstić information content (AvgIpc) is 3.53. The molecule has 0 bridgehead atoms. The lowest BCUT2D eigenvalue weighted by molar-refractivity contribution is -0.145. The second kappa shape index (κ2) is 9.48. The second-order valence-corrected chi connectivity index (χ2v) is 9.27. The first-order valence-electron chi connectivity index (χ1n) is 9.75. The predicted octanol–water partition coefficient (Wildman–Crippen LogP) is 5.68. The number of phenolic OH excluding ortho intramolecular Hbond substituents is 1. The number of aromatic hydroxyl groups is 1. The molecule has 7 heteroatoms. The average molecular weight is 498 g/mol. The Kier molecular flexibility index (Phi) is 7.19. The van der Waals surface area contributed by atoms with Crippen LogP contribution in [0.4, 0.5) is 4.39 Å². The Balaban J connectivity index is 1.77. The molecule has 1 aliphatic rings. The van der Waals surface area contributed by atoms with Crippen molar-refractivity contribution >= 4 is 39.3 Å². The van der Waals surface area contributed by atoms with Crippen molar-refractivity contribution in [2.75, 3.05) is 7.11 Å². The summed E-state index contributed by atoms with van der Waals surface area (Å²) in [6.45, 7) is 1.84. The maximum absolute atomic E-state index is 14.1. The number of halogens is 3. The summed E-state index contributed by atoms with van der Waals surface area (Å²) in [5.74, 6) is -1.28. The first-order chi connectivity index (χ1) is 14.2. The number of Topliss-reactive ketones (excluding diaryl/α,β-unsaturated/α-hetero) is 1. The zero-order valence-corrected chi connectivity index (χ0v) is 19.0. The molecule has 1 aliphatic carbocycles. The van der Waals surface area contributed by atoms with Gasteiger partial charge in [0, 0.05) is 5.02 Å². The molecule has 2 aromatic carbocycles. The van der Waals surface area contributed by atoms with Gasteiger partial charge in [-0.2, -0.15) is 0 Å². The molecule has 0 aliphatic heterocycles. The summed E-state index contributed by atoms with van der Waals surface area (Å²) in [7, 11) is 1.38. The lowest BCUT2D eigenvalue weighted by Gasteiger charge is -2.23. The molecule has 160 valence electrons. The van der Waals surface area contributed by atoms with Gasteiger partial charge in [-0.3, -0.25) is 9.59 Å². The van der Waals surface area contributed by atoms with Gasteiger partial charge >= 0.3 is 5.97 Å². The van der Waals surface area contributed by atoms with Gasteiger partial charge in [-0.25, -0.2) is 4.39 Å². The summed E-state index contributed by atoms with van der Waals surface area (Å²) < 4.78 is 19.0. The number of alkyl halides is 1. The molecular formula is C23H23BrClFO4. The van der Waals surface area contributed by atoms with E-state index in [1.807, 2.05) is 13.0 Å². The first-order valence-corrected chi connectivity index (χ1v) is 11.0. The Morgan fingerprint density at radius 1 is 1.27 bits per heavy atom. The smallest absolute Gasteiger partial charge is 0.309 e. The van der Waals surface area contributed by atoms with Crippen molar-refractivity contribution < 1.29 is 23.8 Å². The van der Waals surface area contributed by atoms with Crippen LogP contribution in [0.15, 0.2) is 36.4 Å².